The molecule has 0 spiro atoms. The zero-order valence-corrected chi connectivity index (χ0v) is 15.9. The topological polar surface area (TPSA) is 84.9 Å². The van der Waals surface area contributed by atoms with Gasteiger partial charge in [0.25, 0.3) is 0 Å². The van der Waals surface area contributed by atoms with Gasteiger partial charge in [0.2, 0.25) is 12.3 Å². The van der Waals surface area contributed by atoms with Crippen LogP contribution in [0.3, 0.4) is 0 Å². The summed E-state index contributed by atoms with van der Waals surface area (Å²) in [5.74, 6) is -0.490. The van der Waals surface area contributed by atoms with E-state index in [9.17, 15) is 14.4 Å². The van der Waals surface area contributed by atoms with Gasteiger partial charge < -0.3 is 19.7 Å². The van der Waals surface area contributed by atoms with Gasteiger partial charge in [0.15, 0.2) is 0 Å². The fraction of sp³-hybridized carbons (Fsp3) is 0.824. The summed E-state index contributed by atoms with van der Waals surface area (Å²) in [6, 6.07) is -0.298. The molecule has 7 heteroatoms. The standard InChI is InChI=1S/C17H32N2O5/c1-8-12(2)16(19(6)14(21)10-18-11-20)13(23-7)9-15(22)24-17(3,4)5/h11-13,16H,8-10H2,1-7H3,(H,18,20). The number of methoxy groups -OCH3 is 1. The Labute approximate surface area is 145 Å². The maximum Gasteiger partial charge on any atom is 0.309 e. The van der Waals surface area contributed by atoms with Gasteiger partial charge >= 0.3 is 5.97 Å². The van der Waals surface area contributed by atoms with E-state index < -0.39 is 11.7 Å². The molecular weight excluding hydrogens is 312 g/mol. The molecule has 0 radical (unpaired) electrons. The van der Waals surface area contributed by atoms with Crippen molar-refractivity contribution in [2.45, 2.75) is 65.2 Å². The minimum Gasteiger partial charge on any atom is -0.460 e. The Morgan fingerprint density at radius 1 is 1.29 bits per heavy atom. The van der Waals surface area contributed by atoms with Crippen LogP contribution in [0.15, 0.2) is 0 Å². The van der Waals surface area contributed by atoms with Gasteiger partial charge in [0.1, 0.15) is 5.60 Å². The number of hydrogen-bond donors (Lipinski definition) is 1. The average Bonchev–Trinajstić information content (AvgIpc) is 2.49. The predicted octanol–water partition coefficient (Wildman–Crippen LogP) is 1.35. The first-order chi connectivity index (χ1) is 11.1. The SMILES string of the molecule is CCC(C)C(C(CC(=O)OC(C)(C)C)OC)N(C)C(=O)CNC=O. The fourth-order valence-corrected chi connectivity index (χ4v) is 2.55. The van der Waals surface area contributed by atoms with Crippen molar-refractivity contribution in [2.24, 2.45) is 5.92 Å². The van der Waals surface area contributed by atoms with Gasteiger partial charge in [-0.25, -0.2) is 0 Å². The van der Waals surface area contributed by atoms with Crippen molar-refractivity contribution in [3.8, 4) is 0 Å². The molecule has 140 valence electrons. The molecule has 7 nitrogen and oxygen atoms in total. The number of rotatable bonds is 10. The summed E-state index contributed by atoms with van der Waals surface area (Å²) < 4.78 is 10.9. The van der Waals surface area contributed by atoms with Crippen LogP contribution >= 0.6 is 0 Å². The molecule has 0 aliphatic carbocycles. The van der Waals surface area contributed by atoms with Crippen molar-refractivity contribution >= 4 is 18.3 Å². The first-order valence-corrected chi connectivity index (χ1v) is 8.24. The second-order valence-corrected chi connectivity index (χ2v) is 6.94. The van der Waals surface area contributed by atoms with E-state index in [4.69, 9.17) is 9.47 Å². The normalized spacial score (nSPS) is 15.1. The highest BCUT2D eigenvalue weighted by Gasteiger charge is 2.34. The molecule has 3 unspecified atom stereocenters. The zero-order chi connectivity index (χ0) is 18.9. The predicted molar refractivity (Wildman–Crippen MR) is 91.3 cm³/mol. The van der Waals surface area contributed by atoms with Crippen LogP contribution in [0.25, 0.3) is 0 Å². The van der Waals surface area contributed by atoms with Crippen molar-refractivity contribution in [1.82, 2.24) is 10.2 Å². The van der Waals surface area contributed by atoms with Crippen LogP contribution in [-0.4, -0.2) is 61.6 Å². The van der Waals surface area contributed by atoms with E-state index in [1.54, 1.807) is 32.7 Å². The molecule has 0 aliphatic heterocycles. The van der Waals surface area contributed by atoms with Crippen LogP contribution in [0.2, 0.25) is 0 Å². The monoisotopic (exact) mass is 344 g/mol. The molecule has 0 saturated heterocycles. The molecule has 0 fully saturated rings. The zero-order valence-electron chi connectivity index (χ0n) is 15.9. The fourth-order valence-electron chi connectivity index (χ4n) is 2.55. The quantitative estimate of drug-likeness (QED) is 0.478. The Morgan fingerprint density at radius 2 is 1.88 bits per heavy atom. The number of esters is 1. The van der Waals surface area contributed by atoms with E-state index in [1.807, 2.05) is 13.8 Å². The Morgan fingerprint density at radius 3 is 2.29 bits per heavy atom. The number of ether oxygens (including phenoxy) is 2. The highest BCUT2D eigenvalue weighted by molar-refractivity contribution is 5.80. The van der Waals surface area contributed by atoms with Gasteiger partial charge in [0, 0.05) is 14.2 Å². The van der Waals surface area contributed by atoms with Crippen LogP contribution in [0.5, 0.6) is 0 Å². The minimum atomic E-state index is -0.573. The van der Waals surface area contributed by atoms with E-state index in [2.05, 4.69) is 5.32 Å². The number of amides is 2. The summed E-state index contributed by atoms with van der Waals surface area (Å²) in [5, 5.41) is 2.37. The largest absolute Gasteiger partial charge is 0.460 e. The third-order valence-corrected chi connectivity index (χ3v) is 3.88. The number of carbonyl (C=O) groups is 3. The number of hydrogen-bond acceptors (Lipinski definition) is 5. The molecule has 0 saturated carbocycles. The summed E-state index contributed by atoms with van der Waals surface area (Å²) in [4.78, 5) is 36.3. The minimum absolute atomic E-state index is 0.0570. The summed E-state index contributed by atoms with van der Waals surface area (Å²) >= 11 is 0. The Balaban J connectivity index is 5.19. The van der Waals surface area contributed by atoms with Gasteiger partial charge in [-0.2, -0.15) is 0 Å². The van der Waals surface area contributed by atoms with Gasteiger partial charge in [-0.15, -0.1) is 0 Å². The van der Waals surface area contributed by atoms with Crippen LogP contribution in [0.1, 0.15) is 47.5 Å². The maximum absolute atomic E-state index is 12.2. The lowest BCUT2D eigenvalue weighted by atomic mass is 9.91. The summed E-state index contributed by atoms with van der Waals surface area (Å²) in [6.07, 6.45) is 0.873. The van der Waals surface area contributed by atoms with E-state index in [0.717, 1.165) is 6.42 Å². The van der Waals surface area contributed by atoms with Crippen LogP contribution in [-0.2, 0) is 23.9 Å². The molecule has 0 bridgehead atoms. The lowest BCUT2D eigenvalue weighted by Crippen LogP contribution is -2.52. The lowest BCUT2D eigenvalue weighted by molar-refractivity contribution is -0.160. The van der Waals surface area contributed by atoms with E-state index in [0.29, 0.717) is 6.41 Å². The molecule has 0 aromatic rings. The Bertz CT molecular complexity index is 420. The van der Waals surface area contributed by atoms with Crippen molar-refractivity contribution in [3.63, 3.8) is 0 Å². The van der Waals surface area contributed by atoms with E-state index >= 15 is 0 Å². The first-order valence-electron chi connectivity index (χ1n) is 8.24. The molecule has 3 atom stereocenters. The maximum atomic E-state index is 12.2. The third kappa shape index (κ3) is 7.77. The molecule has 2 amide bonds. The summed E-state index contributed by atoms with van der Waals surface area (Å²) in [7, 11) is 3.18. The molecule has 0 heterocycles. The number of carbonyl (C=O) groups excluding carboxylic acids is 3. The smallest absolute Gasteiger partial charge is 0.309 e. The van der Waals surface area contributed by atoms with Crippen molar-refractivity contribution in [3.05, 3.63) is 0 Å². The van der Waals surface area contributed by atoms with E-state index in [-0.39, 0.29) is 36.8 Å². The summed E-state index contributed by atoms with van der Waals surface area (Å²) in [6.45, 7) is 9.34. The van der Waals surface area contributed by atoms with Gasteiger partial charge in [-0.05, 0) is 26.7 Å². The average molecular weight is 344 g/mol. The van der Waals surface area contributed by atoms with Gasteiger partial charge in [0.05, 0.1) is 25.1 Å². The van der Waals surface area contributed by atoms with Gasteiger partial charge in [-0.3, -0.25) is 14.4 Å². The first kappa shape index (κ1) is 22.4. The molecule has 0 aliphatic rings. The van der Waals surface area contributed by atoms with Gasteiger partial charge in [-0.1, -0.05) is 20.3 Å². The molecule has 0 rings (SSSR count). The van der Waals surface area contributed by atoms with Crippen molar-refractivity contribution < 1.29 is 23.9 Å². The highest BCUT2D eigenvalue weighted by Crippen LogP contribution is 2.22. The molecule has 0 aromatic heterocycles. The Hall–Kier alpha value is -1.63. The Kier molecular flexibility index (Phi) is 9.58. The number of nitrogens with zero attached hydrogens (tertiary/aromatic N) is 1. The molecule has 1 N–H and O–H groups in total. The third-order valence-electron chi connectivity index (χ3n) is 3.88. The number of nitrogens with one attached hydrogen (secondary N) is 1. The second kappa shape index (κ2) is 10.3. The van der Waals surface area contributed by atoms with E-state index in [1.165, 1.54) is 7.11 Å². The van der Waals surface area contributed by atoms with Crippen LogP contribution in [0.4, 0.5) is 0 Å². The lowest BCUT2D eigenvalue weighted by Gasteiger charge is -2.37. The summed E-state index contributed by atoms with van der Waals surface area (Å²) in [5.41, 5.74) is -0.573. The van der Waals surface area contributed by atoms with Crippen molar-refractivity contribution in [2.75, 3.05) is 20.7 Å². The second-order valence-electron chi connectivity index (χ2n) is 6.94. The van der Waals surface area contributed by atoms with Crippen LogP contribution < -0.4 is 5.32 Å². The molecular formula is C17H32N2O5. The van der Waals surface area contributed by atoms with Crippen LogP contribution in [0, 0.1) is 5.92 Å². The number of likely N-dealkylation sites (N-methyl/N-ethyl adjacent to an activating group) is 1. The molecule has 0 aromatic carbocycles. The highest BCUT2D eigenvalue weighted by atomic mass is 16.6. The van der Waals surface area contributed by atoms with Crippen molar-refractivity contribution in [1.29, 1.82) is 0 Å². The molecule has 24 heavy (non-hydrogen) atoms.